The maximum atomic E-state index is 11.9. The van der Waals surface area contributed by atoms with E-state index < -0.39 is 6.10 Å². The summed E-state index contributed by atoms with van der Waals surface area (Å²) in [6, 6.07) is 9.25. The van der Waals surface area contributed by atoms with Crippen molar-refractivity contribution in [2.24, 2.45) is 0 Å². The summed E-state index contributed by atoms with van der Waals surface area (Å²) in [6.45, 7) is 0.165. The topological polar surface area (TPSA) is 67.2 Å². The van der Waals surface area contributed by atoms with E-state index in [1.165, 1.54) is 0 Å². The lowest BCUT2D eigenvalue weighted by Gasteiger charge is -2.17. The molecule has 0 fully saturated rings. The van der Waals surface area contributed by atoms with E-state index in [4.69, 9.17) is 0 Å². The molecule has 98 valence electrons. The molecule has 1 aliphatic rings. The van der Waals surface area contributed by atoms with Gasteiger partial charge in [0.05, 0.1) is 12.1 Å². The lowest BCUT2D eigenvalue weighted by molar-refractivity contribution is -0.123. The molecular weight excluding hydrogens is 242 g/mol. The Kier molecular flexibility index (Phi) is 3.05. The van der Waals surface area contributed by atoms with Crippen molar-refractivity contribution in [3.8, 4) is 0 Å². The Morgan fingerprint density at radius 2 is 2.26 bits per heavy atom. The molecule has 0 radical (unpaired) electrons. The van der Waals surface area contributed by atoms with Crippen LogP contribution < -0.4 is 5.32 Å². The second-order valence-electron chi connectivity index (χ2n) is 4.72. The third kappa shape index (κ3) is 2.37. The summed E-state index contributed by atoms with van der Waals surface area (Å²) in [4.78, 5) is 11.9. The second-order valence-corrected chi connectivity index (χ2v) is 4.72. The van der Waals surface area contributed by atoms with E-state index in [1.54, 1.807) is 23.1 Å². The molecule has 0 spiro atoms. The van der Waals surface area contributed by atoms with Crippen molar-refractivity contribution >= 4 is 5.91 Å². The molecular formula is C14H15N3O2. The van der Waals surface area contributed by atoms with Gasteiger partial charge in [0.15, 0.2) is 0 Å². The Hall–Kier alpha value is -2.14. The number of amides is 1. The van der Waals surface area contributed by atoms with Gasteiger partial charge >= 0.3 is 0 Å². The molecule has 5 heteroatoms. The average molecular weight is 257 g/mol. The number of carbonyl (C=O) groups is 1. The molecule has 2 atom stereocenters. The first-order chi connectivity index (χ1) is 9.24. The fourth-order valence-electron chi connectivity index (χ4n) is 2.51. The third-order valence-corrected chi connectivity index (χ3v) is 3.39. The Morgan fingerprint density at radius 1 is 1.42 bits per heavy atom. The van der Waals surface area contributed by atoms with Gasteiger partial charge in [0.1, 0.15) is 6.54 Å². The van der Waals surface area contributed by atoms with Crippen molar-refractivity contribution in [3.05, 3.63) is 53.9 Å². The van der Waals surface area contributed by atoms with Crippen LogP contribution in [0.4, 0.5) is 0 Å². The van der Waals surface area contributed by atoms with Crippen LogP contribution >= 0.6 is 0 Å². The lowest BCUT2D eigenvalue weighted by Crippen LogP contribution is -2.36. The van der Waals surface area contributed by atoms with Crippen LogP contribution in [0.2, 0.25) is 0 Å². The highest BCUT2D eigenvalue weighted by Crippen LogP contribution is 2.31. The van der Waals surface area contributed by atoms with Gasteiger partial charge in [0, 0.05) is 18.8 Å². The normalized spacial score (nSPS) is 21.1. The molecule has 19 heavy (non-hydrogen) atoms. The number of fused-ring (bicyclic) bond motifs is 1. The fourth-order valence-corrected chi connectivity index (χ4v) is 2.51. The molecule has 0 bridgehead atoms. The summed E-state index contributed by atoms with van der Waals surface area (Å²) in [6.07, 6.45) is 3.40. The summed E-state index contributed by atoms with van der Waals surface area (Å²) in [5.74, 6) is -0.149. The molecule has 1 amide bonds. The highest BCUT2D eigenvalue weighted by atomic mass is 16.3. The first-order valence-electron chi connectivity index (χ1n) is 6.27. The van der Waals surface area contributed by atoms with Crippen LogP contribution in [-0.2, 0) is 17.8 Å². The Bertz CT molecular complexity index is 580. The van der Waals surface area contributed by atoms with Gasteiger partial charge in [0.25, 0.3) is 0 Å². The number of aliphatic hydroxyl groups is 1. The average Bonchev–Trinajstić information content (AvgIpc) is 2.99. The predicted molar refractivity (Wildman–Crippen MR) is 69.3 cm³/mol. The van der Waals surface area contributed by atoms with Crippen LogP contribution in [0.5, 0.6) is 0 Å². The van der Waals surface area contributed by atoms with Crippen LogP contribution in [0, 0.1) is 0 Å². The summed E-state index contributed by atoms with van der Waals surface area (Å²) in [5.41, 5.74) is 2.10. The molecule has 0 saturated carbocycles. The van der Waals surface area contributed by atoms with Crippen LogP contribution in [0.15, 0.2) is 42.7 Å². The number of benzene rings is 1. The number of nitrogens with one attached hydrogen (secondary N) is 1. The molecule has 0 aliphatic heterocycles. The van der Waals surface area contributed by atoms with Crippen molar-refractivity contribution in [2.75, 3.05) is 0 Å². The summed E-state index contributed by atoms with van der Waals surface area (Å²) in [7, 11) is 0. The van der Waals surface area contributed by atoms with E-state index in [2.05, 4.69) is 10.4 Å². The summed E-state index contributed by atoms with van der Waals surface area (Å²) in [5, 5.41) is 16.9. The molecule has 2 aromatic rings. The van der Waals surface area contributed by atoms with Gasteiger partial charge in [-0.2, -0.15) is 5.10 Å². The summed E-state index contributed by atoms with van der Waals surface area (Å²) < 4.78 is 1.56. The minimum atomic E-state index is -0.557. The Morgan fingerprint density at radius 3 is 3.05 bits per heavy atom. The van der Waals surface area contributed by atoms with Crippen molar-refractivity contribution < 1.29 is 9.90 Å². The smallest absolute Gasteiger partial charge is 0.242 e. The molecule has 5 nitrogen and oxygen atoms in total. The van der Waals surface area contributed by atoms with Crippen LogP contribution in [-0.4, -0.2) is 26.9 Å². The van der Waals surface area contributed by atoms with E-state index in [1.807, 2.05) is 24.3 Å². The zero-order valence-corrected chi connectivity index (χ0v) is 10.4. The van der Waals surface area contributed by atoms with E-state index in [-0.39, 0.29) is 18.5 Å². The molecule has 2 N–H and O–H groups in total. The molecule has 1 heterocycles. The van der Waals surface area contributed by atoms with Gasteiger partial charge in [-0.3, -0.25) is 9.48 Å². The van der Waals surface area contributed by atoms with Crippen molar-refractivity contribution in [1.29, 1.82) is 0 Å². The summed E-state index contributed by atoms with van der Waals surface area (Å²) >= 11 is 0. The lowest BCUT2D eigenvalue weighted by atomic mass is 10.1. The van der Waals surface area contributed by atoms with Crippen LogP contribution in [0.25, 0.3) is 0 Å². The highest BCUT2D eigenvalue weighted by Gasteiger charge is 2.31. The number of carbonyl (C=O) groups excluding carboxylic acids is 1. The standard InChI is InChI=1S/C14H15N3O2/c18-12-8-10-4-1-2-5-11(10)14(12)16-13(19)9-17-7-3-6-15-17/h1-7,12,14,18H,8-9H2,(H,16,19)/t12-,14+/m1/s1. The minimum absolute atomic E-state index is 0.149. The number of hydrogen-bond acceptors (Lipinski definition) is 3. The third-order valence-electron chi connectivity index (χ3n) is 3.39. The van der Waals surface area contributed by atoms with Gasteiger partial charge in [-0.05, 0) is 17.2 Å². The molecule has 1 aliphatic carbocycles. The Labute approximate surface area is 110 Å². The molecule has 1 aromatic carbocycles. The second kappa shape index (κ2) is 4.85. The first-order valence-corrected chi connectivity index (χ1v) is 6.27. The Balaban J connectivity index is 1.71. The number of hydrogen-bond donors (Lipinski definition) is 2. The van der Waals surface area contributed by atoms with Crippen molar-refractivity contribution in [3.63, 3.8) is 0 Å². The molecule has 1 aromatic heterocycles. The van der Waals surface area contributed by atoms with Crippen molar-refractivity contribution in [1.82, 2.24) is 15.1 Å². The van der Waals surface area contributed by atoms with Crippen LogP contribution in [0.3, 0.4) is 0 Å². The van der Waals surface area contributed by atoms with Crippen LogP contribution in [0.1, 0.15) is 17.2 Å². The first kappa shape index (κ1) is 11.9. The molecule has 3 rings (SSSR count). The van der Waals surface area contributed by atoms with E-state index >= 15 is 0 Å². The maximum Gasteiger partial charge on any atom is 0.242 e. The van der Waals surface area contributed by atoms with Gasteiger partial charge in [-0.25, -0.2) is 0 Å². The van der Waals surface area contributed by atoms with Gasteiger partial charge in [-0.15, -0.1) is 0 Å². The van der Waals surface area contributed by atoms with E-state index in [0.29, 0.717) is 6.42 Å². The SMILES string of the molecule is O=C(Cn1cccn1)N[C@H]1c2ccccc2C[C@H]1O. The number of rotatable bonds is 3. The minimum Gasteiger partial charge on any atom is -0.390 e. The van der Waals surface area contributed by atoms with Gasteiger partial charge < -0.3 is 10.4 Å². The zero-order chi connectivity index (χ0) is 13.2. The largest absolute Gasteiger partial charge is 0.390 e. The van der Waals surface area contributed by atoms with Gasteiger partial charge in [-0.1, -0.05) is 24.3 Å². The monoisotopic (exact) mass is 257 g/mol. The fraction of sp³-hybridized carbons (Fsp3) is 0.286. The molecule has 0 saturated heterocycles. The molecule has 0 unspecified atom stereocenters. The zero-order valence-electron chi connectivity index (χ0n) is 10.4. The van der Waals surface area contributed by atoms with Gasteiger partial charge in [0.2, 0.25) is 5.91 Å². The number of nitrogens with zero attached hydrogens (tertiary/aromatic N) is 2. The van der Waals surface area contributed by atoms with Crippen molar-refractivity contribution in [2.45, 2.75) is 25.1 Å². The van der Waals surface area contributed by atoms with E-state index in [0.717, 1.165) is 11.1 Å². The quantitative estimate of drug-likeness (QED) is 0.848. The highest BCUT2D eigenvalue weighted by molar-refractivity contribution is 5.76. The number of aliphatic hydroxyl groups excluding tert-OH is 1. The predicted octanol–water partition coefficient (Wildman–Crippen LogP) is 0.658. The number of aromatic nitrogens is 2. The van der Waals surface area contributed by atoms with E-state index in [9.17, 15) is 9.90 Å². The maximum absolute atomic E-state index is 11.9.